The molecule has 0 fully saturated rings. The Labute approximate surface area is 378 Å². The molecule has 1 atom stereocenters. The van der Waals surface area contributed by atoms with Crippen LogP contribution in [0.3, 0.4) is 0 Å². The molecule has 0 amide bonds. The molecule has 0 saturated carbocycles. The van der Waals surface area contributed by atoms with E-state index in [2.05, 4.69) is 57.2 Å². The first kappa shape index (κ1) is 58.6. The van der Waals surface area contributed by atoms with Gasteiger partial charge in [0.25, 0.3) is 0 Å². The van der Waals surface area contributed by atoms with E-state index in [1.165, 1.54) is 161 Å². The maximum Gasteiger partial charge on any atom is 0.306 e. The molecule has 6 nitrogen and oxygen atoms in total. The molecule has 0 rings (SSSR count). The minimum absolute atomic E-state index is 0.0694. The van der Waals surface area contributed by atoms with Crippen LogP contribution >= 0.6 is 0 Å². The molecule has 0 aromatic carbocycles. The van der Waals surface area contributed by atoms with Crippen LogP contribution < -0.4 is 0 Å². The van der Waals surface area contributed by atoms with E-state index in [-0.39, 0.29) is 31.1 Å². The Balaban J connectivity index is 3.91. The molecule has 0 aliphatic rings. The summed E-state index contributed by atoms with van der Waals surface area (Å²) in [4.78, 5) is 37.5. The molecule has 0 radical (unpaired) electrons. The Bertz CT molecular complexity index is 1030. The predicted octanol–water partition coefficient (Wildman–Crippen LogP) is 17.3. The van der Waals surface area contributed by atoms with Crippen molar-refractivity contribution in [1.29, 1.82) is 0 Å². The highest BCUT2D eigenvalue weighted by atomic mass is 16.6. The van der Waals surface area contributed by atoms with E-state index >= 15 is 0 Å². The molecule has 0 saturated heterocycles. The van der Waals surface area contributed by atoms with Crippen LogP contribution in [0.2, 0.25) is 0 Å². The van der Waals surface area contributed by atoms with Crippen LogP contribution in [-0.4, -0.2) is 37.2 Å². The fourth-order valence-electron chi connectivity index (χ4n) is 7.63. The Kier molecular flexibility index (Phi) is 48.3. The van der Waals surface area contributed by atoms with Crippen LogP contribution in [0.4, 0.5) is 0 Å². The monoisotopic (exact) mass is 857 g/mol. The van der Waals surface area contributed by atoms with Crippen molar-refractivity contribution >= 4 is 17.9 Å². The number of allylic oxidation sites excluding steroid dienone is 6. The van der Waals surface area contributed by atoms with Crippen LogP contribution in [0.1, 0.15) is 278 Å². The largest absolute Gasteiger partial charge is 0.462 e. The summed E-state index contributed by atoms with van der Waals surface area (Å²) >= 11 is 0. The molecule has 0 heterocycles. The fraction of sp³-hybridized carbons (Fsp3) is 0.836. The Morgan fingerprint density at radius 1 is 0.328 bits per heavy atom. The summed E-state index contributed by atoms with van der Waals surface area (Å²) < 4.78 is 16.6. The summed E-state index contributed by atoms with van der Waals surface area (Å²) in [6.07, 6.45) is 59.1. The lowest BCUT2D eigenvalue weighted by molar-refractivity contribution is -0.167. The summed E-state index contributed by atoms with van der Waals surface area (Å²) in [6.45, 7) is 6.53. The molecule has 1 unspecified atom stereocenters. The fourth-order valence-corrected chi connectivity index (χ4v) is 7.63. The summed E-state index contributed by atoms with van der Waals surface area (Å²) in [7, 11) is 0. The Morgan fingerprint density at radius 3 is 0.918 bits per heavy atom. The number of hydrogen-bond acceptors (Lipinski definition) is 6. The van der Waals surface area contributed by atoms with Gasteiger partial charge in [0.2, 0.25) is 0 Å². The minimum atomic E-state index is -0.762. The van der Waals surface area contributed by atoms with Crippen molar-refractivity contribution in [3.8, 4) is 0 Å². The molecule has 0 N–H and O–H groups in total. The van der Waals surface area contributed by atoms with Gasteiger partial charge in [-0.15, -0.1) is 0 Å². The number of carbonyl (C=O) groups is 3. The van der Waals surface area contributed by atoms with Crippen molar-refractivity contribution in [1.82, 2.24) is 0 Å². The average molecular weight is 857 g/mol. The van der Waals surface area contributed by atoms with Crippen molar-refractivity contribution in [2.24, 2.45) is 0 Å². The Hall–Kier alpha value is -2.37. The molecule has 61 heavy (non-hydrogen) atoms. The van der Waals surface area contributed by atoms with Crippen LogP contribution in [0.5, 0.6) is 0 Å². The lowest BCUT2D eigenvalue weighted by Crippen LogP contribution is -2.30. The van der Waals surface area contributed by atoms with Gasteiger partial charge in [0.1, 0.15) is 13.2 Å². The zero-order valence-electron chi connectivity index (χ0n) is 40.7. The second-order valence-corrected chi connectivity index (χ2v) is 17.8. The molecule has 0 aliphatic carbocycles. The van der Waals surface area contributed by atoms with Crippen molar-refractivity contribution in [3.63, 3.8) is 0 Å². The maximum absolute atomic E-state index is 12.6. The first-order chi connectivity index (χ1) is 30.0. The molecule has 0 aliphatic heterocycles. The van der Waals surface area contributed by atoms with Crippen LogP contribution in [-0.2, 0) is 28.6 Å². The lowest BCUT2D eigenvalue weighted by atomic mass is 10.0. The third-order valence-corrected chi connectivity index (χ3v) is 11.6. The molecule has 0 spiro atoms. The smallest absolute Gasteiger partial charge is 0.306 e. The third-order valence-electron chi connectivity index (χ3n) is 11.6. The van der Waals surface area contributed by atoms with Crippen molar-refractivity contribution < 1.29 is 28.6 Å². The third kappa shape index (κ3) is 48.5. The Morgan fingerprint density at radius 2 is 0.590 bits per heavy atom. The second kappa shape index (κ2) is 50.3. The number of unbranched alkanes of at least 4 members (excludes halogenated alkanes) is 31. The number of rotatable bonds is 48. The minimum Gasteiger partial charge on any atom is -0.462 e. The number of ether oxygens (including phenoxy) is 3. The highest BCUT2D eigenvalue weighted by Gasteiger charge is 2.19. The molecule has 356 valence electrons. The van der Waals surface area contributed by atoms with Gasteiger partial charge in [-0.2, -0.15) is 0 Å². The number of carbonyl (C=O) groups excluding carboxylic acids is 3. The van der Waals surface area contributed by atoms with E-state index in [0.717, 1.165) is 77.0 Å². The summed E-state index contributed by atoms with van der Waals surface area (Å²) in [5.74, 6) is -0.879. The zero-order valence-corrected chi connectivity index (χ0v) is 40.7. The van der Waals surface area contributed by atoms with Gasteiger partial charge in [0.15, 0.2) is 6.10 Å². The SMILES string of the molecule is CCCCCCC/C=C\C/C=C\C/C=C\CCCCCCCCCCCCCCCCC(=O)OCC(COC(=O)CCCCCCC)OC(=O)CCCCCCCCCCC. The van der Waals surface area contributed by atoms with Crippen LogP contribution in [0.15, 0.2) is 36.5 Å². The molecular weight excluding hydrogens is 757 g/mol. The molecule has 0 aromatic heterocycles. The summed E-state index contributed by atoms with van der Waals surface area (Å²) in [6, 6.07) is 0. The summed E-state index contributed by atoms with van der Waals surface area (Å²) in [5, 5.41) is 0. The van der Waals surface area contributed by atoms with Gasteiger partial charge in [-0.3, -0.25) is 14.4 Å². The van der Waals surface area contributed by atoms with Crippen molar-refractivity contribution in [3.05, 3.63) is 36.5 Å². The average Bonchev–Trinajstić information content (AvgIpc) is 3.26. The van der Waals surface area contributed by atoms with Crippen LogP contribution in [0, 0.1) is 0 Å². The summed E-state index contributed by atoms with van der Waals surface area (Å²) in [5.41, 5.74) is 0. The van der Waals surface area contributed by atoms with E-state index in [1.807, 2.05) is 0 Å². The molecule has 0 aromatic rings. The van der Waals surface area contributed by atoms with Gasteiger partial charge in [-0.05, 0) is 57.8 Å². The highest BCUT2D eigenvalue weighted by molar-refractivity contribution is 5.71. The maximum atomic E-state index is 12.6. The van der Waals surface area contributed by atoms with E-state index in [9.17, 15) is 14.4 Å². The van der Waals surface area contributed by atoms with Gasteiger partial charge in [-0.1, -0.05) is 237 Å². The lowest BCUT2D eigenvalue weighted by Gasteiger charge is -2.18. The first-order valence-corrected chi connectivity index (χ1v) is 26.5. The highest BCUT2D eigenvalue weighted by Crippen LogP contribution is 2.16. The van der Waals surface area contributed by atoms with Crippen molar-refractivity contribution in [2.75, 3.05) is 13.2 Å². The van der Waals surface area contributed by atoms with E-state index in [4.69, 9.17) is 14.2 Å². The quantitative estimate of drug-likeness (QED) is 0.0262. The molecular formula is C55H100O6. The standard InChI is InChI=1S/C55H100O6/c1-4-7-10-13-15-17-18-19-20-21-22-23-24-25-26-27-28-29-30-31-32-33-34-35-36-38-39-42-45-48-54(57)60-51-52(50-59-53(56)47-44-41-12-9-6-3)61-55(58)49-46-43-40-37-16-14-11-8-5-2/h18-19,21-22,24-25,52H,4-17,20,23,26-51H2,1-3H3/b19-18-,22-21-,25-24-. The molecule has 0 bridgehead atoms. The van der Waals surface area contributed by atoms with Crippen LogP contribution in [0.25, 0.3) is 0 Å². The van der Waals surface area contributed by atoms with E-state index < -0.39 is 6.10 Å². The van der Waals surface area contributed by atoms with Gasteiger partial charge in [0, 0.05) is 19.3 Å². The zero-order chi connectivity index (χ0) is 44.4. The van der Waals surface area contributed by atoms with E-state index in [1.54, 1.807) is 0 Å². The van der Waals surface area contributed by atoms with Gasteiger partial charge >= 0.3 is 17.9 Å². The number of hydrogen-bond donors (Lipinski definition) is 0. The number of esters is 3. The normalized spacial score (nSPS) is 12.2. The van der Waals surface area contributed by atoms with Crippen molar-refractivity contribution in [2.45, 2.75) is 284 Å². The van der Waals surface area contributed by atoms with Gasteiger partial charge < -0.3 is 14.2 Å². The van der Waals surface area contributed by atoms with Gasteiger partial charge in [-0.25, -0.2) is 0 Å². The molecule has 6 heteroatoms. The van der Waals surface area contributed by atoms with E-state index in [0.29, 0.717) is 19.3 Å². The van der Waals surface area contributed by atoms with Gasteiger partial charge in [0.05, 0.1) is 0 Å². The second-order valence-electron chi connectivity index (χ2n) is 17.8. The first-order valence-electron chi connectivity index (χ1n) is 26.5. The predicted molar refractivity (Wildman–Crippen MR) is 261 cm³/mol. The topological polar surface area (TPSA) is 78.9 Å².